The maximum absolute atomic E-state index is 14.6. The van der Waals surface area contributed by atoms with E-state index in [0.29, 0.717) is 46.7 Å². The molecule has 0 unspecified atom stereocenters. The van der Waals surface area contributed by atoms with E-state index in [4.69, 9.17) is 28.1 Å². The smallest absolute Gasteiger partial charge is 0.200 e. The minimum atomic E-state index is -2.43. The van der Waals surface area contributed by atoms with E-state index < -0.39 is 25.4 Å². The fraction of sp³-hybridized carbons (Fsp3) is 0.583. The maximum Gasteiger partial charge on any atom is 0.200 e. The monoisotopic (exact) mass is 624 g/mol. The normalized spacial score (nSPS) is 24.9. The Morgan fingerprint density at radius 2 is 1.39 bits per heavy atom. The Morgan fingerprint density at radius 3 is 1.89 bits per heavy atom. The zero-order valence-corrected chi connectivity index (χ0v) is 29.4. The molecule has 242 valence electrons. The summed E-state index contributed by atoms with van der Waals surface area (Å²) in [7, 11) is 5.75. The molecule has 2 aromatic carbocycles. The van der Waals surface area contributed by atoms with Gasteiger partial charge in [0.2, 0.25) is 8.32 Å². The summed E-state index contributed by atoms with van der Waals surface area (Å²) in [5.41, 5.74) is 2.01. The minimum absolute atomic E-state index is 0.0663. The van der Waals surface area contributed by atoms with Crippen LogP contribution in [0.25, 0.3) is 0 Å². The van der Waals surface area contributed by atoms with Gasteiger partial charge in [-0.2, -0.15) is 0 Å². The lowest BCUT2D eigenvalue weighted by Crippen LogP contribution is -2.70. The van der Waals surface area contributed by atoms with E-state index in [9.17, 15) is 4.79 Å². The first-order valence-electron chi connectivity index (χ1n) is 15.8. The predicted molar refractivity (Wildman–Crippen MR) is 176 cm³/mol. The number of carbonyl (C=O) groups excluding carboxylic acids is 1. The van der Waals surface area contributed by atoms with E-state index in [1.165, 1.54) is 0 Å². The third kappa shape index (κ3) is 5.31. The van der Waals surface area contributed by atoms with Crippen molar-refractivity contribution in [2.24, 2.45) is 11.3 Å². The van der Waals surface area contributed by atoms with Gasteiger partial charge in [-0.1, -0.05) is 77.9 Å². The fourth-order valence-corrected chi connectivity index (χ4v) is 14.3. The van der Waals surface area contributed by atoms with Gasteiger partial charge in [-0.05, 0) is 52.7 Å². The molecule has 2 aromatic rings. The van der Waals surface area contributed by atoms with Crippen molar-refractivity contribution >= 4 is 14.1 Å². The summed E-state index contributed by atoms with van der Waals surface area (Å²) in [4.78, 5) is 14.6. The molecule has 4 atom stereocenters. The van der Waals surface area contributed by atoms with E-state index in [1.54, 1.807) is 41.6 Å². The summed E-state index contributed by atoms with van der Waals surface area (Å²) in [5, 5.41) is 0. The second kappa shape index (κ2) is 13.4. The van der Waals surface area contributed by atoms with Gasteiger partial charge in [0.15, 0.2) is 23.1 Å². The predicted octanol–water partition coefficient (Wildman–Crippen LogP) is 7.70. The van der Waals surface area contributed by atoms with Crippen LogP contribution >= 0.6 is 0 Å². The van der Waals surface area contributed by atoms with Crippen LogP contribution < -0.4 is 9.47 Å². The van der Waals surface area contributed by atoms with Crippen molar-refractivity contribution in [3.05, 3.63) is 71.5 Å². The summed E-state index contributed by atoms with van der Waals surface area (Å²) in [6.07, 6.45) is 2.20. The molecule has 0 aliphatic heterocycles. The molecule has 2 bridgehead atoms. The molecular weight excluding hydrogens is 572 g/mol. The standard InChI is InChI=1S/C36H52O7Si/c1-23(2)44(24(3)4,25(5)6)43-31-22-35(21-26-15-13-12-14-16-26)32(37)20-30(40-9)34(36(35,41-10)42-11)33(31)27-17-18-28(38-7)29(19-27)39-8/h12-20,23-25,31,33-34H,21-22H2,1-11H3/t31-,33+,34+,35-/m0/s1. The Bertz CT molecular complexity index is 1300. The molecule has 4 rings (SSSR count). The van der Waals surface area contributed by atoms with Gasteiger partial charge >= 0.3 is 0 Å². The van der Waals surface area contributed by atoms with Gasteiger partial charge < -0.3 is 28.1 Å². The molecule has 0 radical (unpaired) electrons. The minimum Gasteiger partial charge on any atom is -0.500 e. The quantitative estimate of drug-likeness (QED) is 0.167. The number of fused-ring (bicyclic) bond motifs is 2. The highest BCUT2D eigenvalue weighted by Gasteiger charge is 2.71. The number of methoxy groups -OCH3 is 5. The molecule has 0 saturated heterocycles. The number of ketones is 1. The highest BCUT2D eigenvalue weighted by atomic mass is 28.4. The summed E-state index contributed by atoms with van der Waals surface area (Å²) < 4.78 is 38.1. The summed E-state index contributed by atoms with van der Waals surface area (Å²) in [5.74, 6) is -0.357. The summed E-state index contributed by atoms with van der Waals surface area (Å²) >= 11 is 0. The number of rotatable bonds is 13. The van der Waals surface area contributed by atoms with Crippen LogP contribution in [0.1, 0.15) is 65.0 Å². The van der Waals surface area contributed by atoms with Gasteiger partial charge in [0.05, 0.1) is 38.8 Å². The van der Waals surface area contributed by atoms with E-state index >= 15 is 0 Å². The zero-order valence-electron chi connectivity index (χ0n) is 28.4. The Balaban J connectivity index is 2.07. The maximum atomic E-state index is 14.6. The number of hydrogen-bond donors (Lipinski definition) is 0. The fourth-order valence-electron chi connectivity index (χ4n) is 8.75. The van der Waals surface area contributed by atoms with E-state index in [0.717, 1.165) is 11.1 Å². The molecule has 8 heteroatoms. The molecule has 2 aliphatic rings. The second-order valence-electron chi connectivity index (χ2n) is 13.2. The highest BCUT2D eigenvalue weighted by molar-refractivity contribution is 6.77. The van der Waals surface area contributed by atoms with Crippen LogP contribution in [-0.2, 0) is 29.9 Å². The van der Waals surface area contributed by atoms with E-state index in [2.05, 4.69) is 59.7 Å². The van der Waals surface area contributed by atoms with Gasteiger partial charge in [-0.25, -0.2) is 0 Å². The topological polar surface area (TPSA) is 72.5 Å². The van der Waals surface area contributed by atoms with E-state index in [1.807, 2.05) is 30.3 Å². The van der Waals surface area contributed by atoms with Gasteiger partial charge in [-0.15, -0.1) is 0 Å². The number of benzene rings is 2. The Hall–Kier alpha value is -2.65. The first kappa shape index (κ1) is 34.2. The largest absolute Gasteiger partial charge is 0.500 e. The second-order valence-corrected chi connectivity index (χ2v) is 18.6. The first-order chi connectivity index (χ1) is 20.9. The van der Waals surface area contributed by atoms with Crippen LogP contribution in [0.4, 0.5) is 0 Å². The van der Waals surface area contributed by atoms with Gasteiger partial charge in [0.1, 0.15) is 5.76 Å². The third-order valence-electron chi connectivity index (χ3n) is 10.5. The van der Waals surface area contributed by atoms with Crippen molar-refractivity contribution in [3.63, 3.8) is 0 Å². The Morgan fingerprint density at radius 1 is 0.795 bits per heavy atom. The molecular formula is C36H52O7Si. The molecule has 0 aromatic heterocycles. The average Bonchev–Trinajstić information content (AvgIpc) is 3.01. The zero-order chi connectivity index (χ0) is 32.4. The molecule has 0 N–H and O–H groups in total. The molecule has 0 spiro atoms. The van der Waals surface area contributed by atoms with Crippen LogP contribution in [0.2, 0.25) is 16.6 Å². The Labute approximate surface area is 265 Å². The van der Waals surface area contributed by atoms with Crippen LogP contribution in [0.5, 0.6) is 11.5 Å². The first-order valence-corrected chi connectivity index (χ1v) is 17.9. The van der Waals surface area contributed by atoms with Crippen molar-refractivity contribution in [3.8, 4) is 11.5 Å². The highest BCUT2D eigenvalue weighted by Crippen LogP contribution is 2.63. The molecule has 1 saturated carbocycles. The lowest BCUT2D eigenvalue weighted by Gasteiger charge is -2.62. The van der Waals surface area contributed by atoms with Gasteiger partial charge in [-0.3, -0.25) is 4.79 Å². The summed E-state index contributed by atoms with van der Waals surface area (Å²) in [6.45, 7) is 13.8. The number of ether oxygens (including phenoxy) is 5. The van der Waals surface area contributed by atoms with Crippen molar-refractivity contribution in [1.82, 2.24) is 0 Å². The lowest BCUT2D eigenvalue weighted by atomic mass is 9.51. The molecule has 7 nitrogen and oxygen atoms in total. The van der Waals surface area contributed by atoms with Crippen LogP contribution in [0.15, 0.2) is 60.4 Å². The third-order valence-corrected chi connectivity index (χ3v) is 16.6. The number of carbonyl (C=O) groups is 1. The van der Waals surface area contributed by atoms with E-state index in [-0.39, 0.29) is 17.8 Å². The lowest BCUT2D eigenvalue weighted by molar-refractivity contribution is -0.322. The number of hydrogen-bond acceptors (Lipinski definition) is 7. The van der Waals surface area contributed by atoms with Gasteiger partial charge in [0, 0.05) is 26.2 Å². The van der Waals surface area contributed by atoms with Gasteiger partial charge in [0.25, 0.3) is 0 Å². The average molecular weight is 625 g/mol. The number of allylic oxidation sites excluding steroid dienone is 1. The van der Waals surface area contributed by atoms with Crippen molar-refractivity contribution < 1.29 is 32.9 Å². The molecule has 1 fully saturated rings. The van der Waals surface area contributed by atoms with Crippen molar-refractivity contribution in [1.29, 1.82) is 0 Å². The molecule has 0 heterocycles. The van der Waals surface area contributed by atoms with Crippen molar-refractivity contribution in [2.45, 2.75) is 88.8 Å². The van der Waals surface area contributed by atoms with Crippen LogP contribution in [0.3, 0.4) is 0 Å². The summed E-state index contributed by atoms with van der Waals surface area (Å²) in [6, 6.07) is 16.1. The van der Waals surface area contributed by atoms with Crippen LogP contribution in [-0.4, -0.2) is 61.5 Å². The molecule has 44 heavy (non-hydrogen) atoms. The molecule has 0 amide bonds. The van der Waals surface area contributed by atoms with Crippen LogP contribution in [0, 0.1) is 11.3 Å². The van der Waals surface area contributed by atoms with Crippen molar-refractivity contribution in [2.75, 3.05) is 35.5 Å². The SMILES string of the molecule is COC1=CC(=O)[C@]2(Cc3ccccc3)C[C@H](O[Si](C(C)C)(C(C)C)C(C)C)[C@@H](c3ccc(OC)c(OC)c3)[C@@H]1C2(OC)OC. The Kier molecular flexibility index (Phi) is 10.4. The molecule has 2 aliphatic carbocycles.